The van der Waals surface area contributed by atoms with Crippen LogP contribution in [0.4, 0.5) is 4.79 Å². The van der Waals surface area contributed by atoms with Crippen LogP contribution in [0.25, 0.3) is 22.8 Å². The first-order chi connectivity index (χ1) is 19.3. The molecule has 0 bridgehead atoms. The highest BCUT2D eigenvalue weighted by Gasteiger charge is 2.15. The number of hydrogen-bond donors (Lipinski definition) is 1. The molecule has 0 aliphatic rings. The van der Waals surface area contributed by atoms with Crippen LogP contribution in [-0.2, 0) is 16.1 Å². The molecule has 212 valence electrons. The van der Waals surface area contributed by atoms with Gasteiger partial charge in [0, 0.05) is 29.2 Å². The van der Waals surface area contributed by atoms with E-state index in [4.69, 9.17) is 14.2 Å². The summed E-state index contributed by atoms with van der Waals surface area (Å²) in [4.78, 5) is 20.9. The number of benzene rings is 2. The van der Waals surface area contributed by atoms with Crippen molar-refractivity contribution in [3.05, 3.63) is 54.1 Å². The molecule has 0 saturated heterocycles. The van der Waals surface area contributed by atoms with E-state index in [1.54, 1.807) is 30.6 Å². The molecule has 0 radical (unpaired) electrons. The normalized spacial score (nSPS) is 11.4. The van der Waals surface area contributed by atoms with Gasteiger partial charge in [-0.05, 0) is 61.5 Å². The number of aromatic nitrogens is 4. The molecule has 1 N–H and O–H groups in total. The number of thioether (sulfide) groups is 2. The molecule has 4 rings (SSSR count). The maximum absolute atomic E-state index is 11.7. The highest BCUT2D eigenvalue weighted by atomic mass is 32.2. The van der Waals surface area contributed by atoms with E-state index in [1.807, 2.05) is 69.3 Å². The molecule has 0 fully saturated rings. The predicted molar refractivity (Wildman–Crippen MR) is 163 cm³/mol. The summed E-state index contributed by atoms with van der Waals surface area (Å²) >= 11 is 5.94. The number of amides is 1. The average Bonchev–Trinajstić information content (AvgIpc) is 3.61. The zero-order valence-corrected chi connectivity index (χ0v) is 26.0. The Morgan fingerprint density at radius 1 is 0.925 bits per heavy atom. The minimum atomic E-state index is -0.504. The lowest BCUT2D eigenvalue weighted by Crippen LogP contribution is -2.33. The van der Waals surface area contributed by atoms with E-state index in [9.17, 15) is 4.79 Å². The summed E-state index contributed by atoms with van der Waals surface area (Å²) in [5.74, 6) is 3.67. The topological polar surface area (TPSA) is 108 Å². The number of nitrogens with one attached hydrogen (secondary N) is 1. The van der Waals surface area contributed by atoms with E-state index < -0.39 is 11.7 Å². The predicted octanol–water partition coefficient (Wildman–Crippen LogP) is 6.66. The quantitative estimate of drug-likeness (QED) is 0.129. The lowest BCUT2D eigenvalue weighted by molar-refractivity contribution is 0.0531. The summed E-state index contributed by atoms with van der Waals surface area (Å²) in [6.45, 7) is 7.15. The van der Waals surface area contributed by atoms with Crippen LogP contribution in [0.15, 0.2) is 57.2 Å². The van der Waals surface area contributed by atoms with Gasteiger partial charge in [0.1, 0.15) is 11.4 Å². The molecule has 0 aliphatic heterocycles. The van der Waals surface area contributed by atoms with Gasteiger partial charge >= 0.3 is 6.09 Å². The average molecular weight is 618 g/mol. The first kappa shape index (κ1) is 30.3. The molecule has 2 aromatic heterocycles. The van der Waals surface area contributed by atoms with E-state index in [2.05, 4.69) is 24.0 Å². The summed E-state index contributed by atoms with van der Waals surface area (Å²) in [6.07, 6.45) is -0.412. The maximum Gasteiger partial charge on any atom is 0.407 e. The van der Waals surface area contributed by atoms with Crippen molar-refractivity contribution < 1.29 is 19.0 Å². The third kappa shape index (κ3) is 9.73. The van der Waals surface area contributed by atoms with Gasteiger partial charge in [-0.3, -0.25) is 0 Å². The van der Waals surface area contributed by atoms with Gasteiger partial charge in [-0.2, -0.15) is 8.75 Å². The van der Waals surface area contributed by atoms with Crippen LogP contribution >= 0.6 is 46.6 Å². The molecule has 2 heterocycles. The molecule has 0 spiro atoms. The van der Waals surface area contributed by atoms with Crippen molar-refractivity contribution in [1.29, 1.82) is 0 Å². The Hall–Kier alpha value is -2.71. The molecule has 9 nitrogen and oxygen atoms in total. The minimum Gasteiger partial charge on any atom is -0.497 e. The van der Waals surface area contributed by atoms with Crippen LogP contribution in [0.5, 0.6) is 5.75 Å². The number of carbonyl (C=O) groups is 1. The Labute approximate surface area is 250 Å². The van der Waals surface area contributed by atoms with Crippen LogP contribution < -0.4 is 10.1 Å². The number of alkyl carbamates (subject to hydrolysis) is 1. The Morgan fingerprint density at radius 3 is 2.27 bits per heavy atom. The lowest BCUT2D eigenvalue weighted by Gasteiger charge is -2.19. The first-order valence-corrected chi connectivity index (χ1v) is 16.0. The number of hydrogen-bond acceptors (Lipinski definition) is 12. The van der Waals surface area contributed by atoms with Crippen molar-refractivity contribution >= 4 is 52.7 Å². The van der Waals surface area contributed by atoms with Crippen LogP contribution in [0, 0.1) is 0 Å². The third-order valence-electron chi connectivity index (χ3n) is 5.07. The van der Waals surface area contributed by atoms with Crippen LogP contribution in [0.3, 0.4) is 0 Å². The zero-order valence-electron chi connectivity index (χ0n) is 22.7. The van der Waals surface area contributed by atoms with Crippen molar-refractivity contribution in [2.75, 3.05) is 31.8 Å². The first-order valence-electron chi connectivity index (χ1n) is 12.5. The monoisotopic (exact) mass is 617 g/mol. The number of ether oxygens (including phenoxy) is 3. The molecule has 0 saturated carbocycles. The molecule has 2 aromatic carbocycles. The molecule has 13 heteroatoms. The van der Waals surface area contributed by atoms with Gasteiger partial charge in [-0.1, -0.05) is 59.9 Å². The number of nitrogens with zero attached hydrogens (tertiary/aromatic N) is 4. The number of carbonyl (C=O) groups excluding carboxylic acids is 1. The molecule has 0 unspecified atom stereocenters. The Morgan fingerprint density at radius 2 is 1.60 bits per heavy atom. The van der Waals surface area contributed by atoms with E-state index >= 15 is 0 Å². The molecule has 1 amide bonds. The molecular weight excluding hydrogens is 587 g/mol. The summed E-state index contributed by atoms with van der Waals surface area (Å²) in [5.41, 5.74) is 2.48. The zero-order chi connectivity index (χ0) is 28.4. The second-order valence-corrected chi connectivity index (χ2v) is 13.6. The molecule has 0 atom stereocenters. The number of methoxy groups -OCH3 is 1. The summed E-state index contributed by atoms with van der Waals surface area (Å²) in [5, 5.41) is 2.75. The van der Waals surface area contributed by atoms with Gasteiger partial charge in [0.15, 0.2) is 20.3 Å². The van der Waals surface area contributed by atoms with Gasteiger partial charge in [-0.15, -0.1) is 0 Å². The minimum absolute atomic E-state index is 0.412. The smallest absolute Gasteiger partial charge is 0.407 e. The van der Waals surface area contributed by atoms with Crippen molar-refractivity contribution in [3.63, 3.8) is 0 Å². The molecule has 40 heavy (non-hydrogen) atoms. The fourth-order valence-electron chi connectivity index (χ4n) is 3.27. The summed E-state index contributed by atoms with van der Waals surface area (Å²) in [6, 6.07) is 15.8. The summed E-state index contributed by atoms with van der Waals surface area (Å²) in [7, 11) is 1.65. The molecule has 0 aliphatic carbocycles. The van der Waals surface area contributed by atoms with Crippen molar-refractivity contribution in [2.45, 2.75) is 41.7 Å². The largest absolute Gasteiger partial charge is 0.497 e. The fraction of sp³-hybridized carbons (Fsp3) is 0.370. The second-order valence-electron chi connectivity index (χ2n) is 9.37. The Kier molecular flexibility index (Phi) is 11.2. The van der Waals surface area contributed by atoms with E-state index in [0.29, 0.717) is 37.2 Å². The van der Waals surface area contributed by atoms with Crippen molar-refractivity contribution in [3.8, 4) is 28.5 Å². The van der Waals surface area contributed by atoms with Crippen LogP contribution in [0.2, 0.25) is 0 Å². The SMILES string of the molecule is COc1cccc(-c2nsc(SCCOCc3ccc(-c4nsc(SCCNC(=O)OC(C)(C)C)n4)cc3)n2)c1. The number of rotatable bonds is 13. The van der Waals surface area contributed by atoms with Crippen molar-refractivity contribution in [1.82, 2.24) is 24.0 Å². The fourth-order valence-corrected chi connectivity index (χ4v) is 6.34. The lowest BCUT2D eigenvalue weighted by atomic mass is 10.1. The van der Waals surface area contributed by atoms with Gasteiger partial charge in [0.05, 0.1) is 20.3 Å². The van der Waals surface area contributed by atoms with Crippen LogP contribution in [-0.4, -0.2) is 62.2 Å². The standard InChI is InChI=1S/C27H31N5O4S4/c1-27(2,3)36-24(33)28-12-14-37-25-29-22(31-39-25)19-10-8-18(9-11-19)17-35-13-15-38-26-30-23(32-40-26)20-6-5-7-21(16-20)34-4/h5-11,16H,12-15,17H2,1-4H3,(H,28,33). The third-order valence-corrected chi connectivity index (χ3v) is 8.71. The molecular formula is C27H31N5O4S4. The maximum atomic E-state index is 11.7. The van der Waals surface area contributed by atoms with Crippen LogP contribution in [0.1, 0.15) is 26.3 Å². The van der Waals surface area contributed by atoms with Gasteiger partial charge in [0.2, 0.25) is 0 Å². The highest BCUT2D eigenvalue weighted by Crippen LogP contribution is 2.28. The van der Waals surface area contributed by atoms with Crippen molar-refractivity contribution in [2.24, 2.45) is 0 Å². The Bertz CT molecular complexity index is 1370. The van der Waals surface area contributed by atoms with E-state index in [0.717, 1.165) is 36.9 Å². The van der Waals surface area contributed by atoms with Gasteiger partial charge in [-0.25, -0.2) is 14.8 Å². The summed E-state index contributed by atoms with van der Waals surface area (Å²) < 4.78 is 27.1. The molecule has 4 aromatic rings. The highest BCUT2D eigenvalue weighted by molar-refractivity contribution is 8.01. The second kappa shape index (κ2) is 14.8. The Balaban J connectivity index is 1.14. The van der Waals surface area contributed by atoms with E-state index in [1.165, 1.54) is 23.1 Å². The van der Waals surface area contributed by atoms with Gasteiger partial charge in [0.25, 0.3) is 0 Å². The van der Waals surface area contributed by atoms with Gasteiger partial charge < -0.3 is 19.5 Å². The van der Waals surface area contributed by atoms with E-state index in [-0.39, 0.29) is 0 Å².